The zero-order valence-electron chi connectivity index (χ0n) is 17.7. The Morgan fingerprint density at radius 2 is 1.97 bits per heavy atom. The number of alkyl halides is 3. The second-order valence-electron chi connectivity index (χ2n) is 7.44. The molecule has 0 amide bonds. The summed E-state index contributed by atoms with van der Waals surface area (Å²) in [6.07, 6.45) is -0.548. The fraction of sp³-hybridized carbons (Fsp3) is 0.217. The topological polar surface area (TPSA) is 67.1 Å². The SMILES string of the molecule is [B]Nc1cc2c(/C=C/C(=O)OC)c(C(C)C)n(-c3cccc(C(F)(F)F)c3)c2cc1C=N. The van der Waals surface area contributed by atoms with Gasteiger partial charge in [0.1, 0.15) is 0 Å². The molecule has 5 nitrogen and oxygen atoms in total. The van der Waals surface area contributed by atoms with E-state index >= 15 is 0 Å². The van der Waals surface area contributed by atoms with Crippen molar-refractivity contribution < 1.29 is 22.7 Å². The molecule has 1 aromatic heterocycles. The van der Waals surface area contributed by atoms with Crippen molar-refractivity contribution in [3.8, 4) is 5.69 Å². The van der Waals surface area contributed by atoms with Crippen molar-refractivity contribution in [3.05, 3.63) is 64.9 Å². The van der Waals surface area contributed by atoms with Crippen LogP contribution in [0.4, 0.5) is 18.9 Å². The average Bonchev–Trinajstić information content (AvgIpc) is 3.09. The Morgan fingerprint density at radius 1 is 1.25 bits per heavy atom. The van der Waals surface area contributed by atoms with Crippen molar-refractivity contribution in [2.24, 2.45) is 0 Å². The summed E-state index contributed by atoms with van der Waals surface area (Å²) >= 11 is 0. The van der Waals surface area contributed by atoms with Crippen molar-refractivity contribution in [1.82, 2.24) is 4.57 Å². The number of ether oxygens (including phenoxy) is 1. The zero-order valence-corrected chi connectivity index (χ0v) is 17.7. The minimum Gasteiger partial charge on any atom is -0.466 e. The summed E-state index contributed by atoms with van der Waals surface area (Å²) in [5.74, 6) is -0.681. The Kier molecular flexibility index (Phi) is 6.48. The summed E-state index contributed by atoms with van der Waals surface area (Å²) in [5, 5.41) is 10.9. The van der Waals surface area contributed by atoms with Crippen molar-refractivity contribution >= 4 is 42.8 Å². The Balaban J connectivity index is 2.46. The van der Waals surface area contributed by atoms with Crippen molar-refractivity contribution in [3.63, 3.8) is 0 Å². The van der Waals surface area contributed by atoms with Crippen LogP contribution < -0.4 is 5.23 Å². The number of halogens is 3. The number of carbonyl (C=O) groups is 1. The zero-order chi connectivity index (χ0) is 23.6. The molecular formula is C23H21BF3N3O2. The molecule has 3 aromatic rings. The van der Waals surface area contributed by atoms with Crippen LogP contribution in [0.15, 0.2) is 42.5 Å². The Morgan fingerprint density at radius 3 is 2.53 bits per heavy atom. The van der Waals surface area contributed by atoms with Gasteiger partial charge in [-0.15, -0.1) is 0 Å². The molecular weight excluding hydrogens is 418 g/mol. The molecule has 9 heteroatoms. The quantitative estimate of drug-likeness (QED) is 0.232. The third-order valence-electron chi connectivity index (χ3n) is 5.09. The molecule has 0 bridgehead atoms. The lowest BCUT2D eigenvalue weighted by Gasteiger charge is -2.16. The summed E-state index contributed by atoms with van der Waals surface area (Å²) in [6, 6.07) is 8.43. The first-order chi connectivity index (χ1) is 15.1. The Bertz CT molecular complexity index is 1210. The number of aromatic nitrogens is 1. The van der Waals surface area contributed by atoms with Gasteiger partial charge in [0.15, 0.2) is 0 Å². The van der Waals surface area contributed by atoms with E-state index in [0.717, 1.165) is 18.3 Å². The van der Waals surface area contributed by atoms with Gasteiger partial charge in [-0.2, -0.15) is 13.2 Å². The van der Waals surface area contributed by atoms with Crippen molar-refractivity contribution in [2.75, 3.05) is 12.3 Å². The number of esters is 1. The van der Waals surface area contributed by atoms with E-state index in [1.54, 1.807) is 28.8 Å². The summed E-state index contributed by atoms with van der Waals surface area (Å²) in [7, 11) is 6.88. The molecule has 164 valence electrons. The monoisotopic (exact) mass is 439 g/mol. The van der Waals surface area contributed by atoms with Crippen LogP contribution in [-0.4, -0.2) is 31.8 Å². The van der Waals surface area contributed by atoms with Gasteiger partial charge in [0.05, 0.1) is 18.2 Å². The van der Waals surface area contributed by atoms with Crippen LogP contribution in [0, 0.1) is 5.41 Å². The van der Waals surface area contributed by atoms with Gasteiger partial charge in [0.2, 0.25) is 7.98 Å². The molecule has 1 heterocycles. The van der Waals surface area contributed by atoms with Gasteiger partial charge in [-0.05, 0) is 42.3 Å². The summed E-state index contributed by atoms with van der Waals surface area (Å²) in [4.78, 5) is 11.8. The molecule has 0 spiro atoms. The average molecular weight is 439 g/mol. The highest BCUT2D eigenvalue weighted by molar-refractivity contribution is 6.18. The molecule has 0 aliphatic carbocycles. The highest BCUT2D eigenvalue weighted by atomic mass is 19.4. The summed E-state index contributed by atoms with van der Waals surface area (Å²) in [6.45, 7) is 3.82. The molecule has 32 heavy (non-hydrogen) atoms. The summed E-state index contributed by atoms with van der Waals surface area (Å²) in [5.41, 5.74) is 2.40. The molecule has 0 aliphatic rings. The maximum absolute atomic E-state index is 13.4. The number of nitrogens with one attached hydrogen (secondary N) is 2. The standard InChI is InChI=1S/C23H21BF3N3O2/c1-13(2)22-17(7-8-21(31)32-3)18-11-19(29-24)14(12-28)9-20(18)30(22)16-6-4-5-15(10-16)23(25,26)27/h4-13,28-29H,1-3H3/b8-7+,28-12?. The normalized spacial score (nSPS) is 12.0. The molecule has 0 saturated carbocycles. The van der Waals surface area contributed by atoms with E-state index in [1.807, 2.05) is 13.8 Å². The maximum Gasteiger partial charge on any atom is 0.416 e. The fourth-order valence-electron chi connectivity index (χ4n) is 3.70. The molecule has 0 unspecified atom stereocenters. The predicted octanol–water partition coefficient (Wildman–Crippen LogP) is 5.45. The first-order valence-electron chi connectivity index (χ1n) is 9.75. The van der Waals surface area contributed by atoms with Gasteiger partial charge in [-0.25, -0.2) is 4.79 Å². The molecule has 2 aromatic carbocycles. The van der Waals surface area contributed by atoms with Crippen LogP contribution in [0.3, 0.4) is 0 Å². The smallest absolute Gasteiger partial charge is 0.416 e. The predicted molar refractivity (Wildman–Crippen MR) is 121 cm³/mol. The Hall–Kier alpha value is -3.49. The maximum atomic E-state index is 13.4. The number of benzene rings is 2. The lowest BCUT2D eigenvalue weighted by atomic mass is 10.0. The van der Waals surface area contributed by atoms with E-state index in [-0.39, 0.29) is 5.92 Å². The minimum atomic E-state index is -4.50. The van der Waals surface area contributed by atoms with Crippen molar-refractivity contribution in [1.29, 1.82) is 5.41 Å². The summed E-state index contributed by atoms with van der Waals surface area (Å²) < 4.78 is 46.6. The van der Waals surface area contributed by atoms with Gasteiger partial charge in [0.25, 0.3) is 0 Å². The lowest BCUT2D eigenvalue weighted by Crippen LogP contribution is -2.08. The lowest BCUT2D eigenvalue weighted by molar-refractivity contribution is -0.137. The molecule has 0 saturated heterocycles. The number of rotatable bonds is 6. The second-order valence-corrected chi connectivity index (χ2v) is 7.44. The number of nitrogens with zero attached hydrogens (tertiary/aromatic N) is 1. The van der Waals surface area contributed by atoms with Gasteiger partial charge in [-0.3, -0.25) is 0 Å². The largest absolute Gasteiger partial charge is 0.466 e. The number of methoxy groups -OCH3 is 1. The molecule has 0 atom stereocenters. The first kappa shape index (κ1) is 23.2. The van der Waals surface area contributed by atoms with Crippen LogP contribution in [-0.2, 0) is 15.7 Å². The molecule has 2 radical (unpaired) electrons. The van der Waals surface area contributed by atoms with Crippen LogP contribution in [0.2, 0.25) is 0 Å². The third kappa shape index (κ3) is 4.28. The number of anilines is 1. The third-order valence-corrected chi connectivity index (χ3v) is 5.09. The second kappa shape index (κ2) is 8.94. The number of carbonyl (C=O) groups excluding carboxylic acids is 1. The van der Waals surface area contributed by atoms with Crippen LogP contribution >= 0.6 is 0 Å². The molecule has 3 rings (SSSR count). The highest BCUT2D eigenvalue weighted by Gasteiger charge is 2.31. The van der Waals surface area contributed by atoms with Crippen LogP contribution in [0.5, 0.6) is 0 Å². The first-order valence-corrected chi connectivity index (χ1v) is 9.75. The van der Waals surface area contributed by atoms with Crippen molar-refractivity contribution in [2.45, 2.75) is 25.9 Å². The molecule has 0 aliphatic heterocycles. The van der Waals surface area contributed by atoms with Gasteiger partial charge < -0.3 is 19.9 Å². The van der Waals surface area contributed by atoms with Gasteiger partial charge in [0, 0.05) is 45.9 Å². The number of hydrogen-bond acceptors (Lipinski definition) is 4. The van der Waals surface area contributed by atoms with E-state index in [0.29, 0.717) is 39.1 Å². The molecule has 0 fully saturated rings. The Labute approximate surface area is 184 Å². The highest BCUT2D eigenvalue weighted by Crippen LogP contribution is 2.38. The van der Waals surface area contributed by atoms with Crippen LogP contribution in [0.25, 0.3) is 22.7 Å². The van der Waals surface area contributed by atoms with Gasteiger partial charge >= 0.3 is 12.1 Å². The van der Waals surface area contributed by atoms with E-state index in [4.69, 9.17) is 18.1 Å². The molecule has 2 N–H and O–H groups in total. The van der Waals surface area contributed by atoms with Crippen LogP contribution in [0.1, 0.15) is 42.1 Å². The van der Waals surface area contributed by atoms with E-state index in [9.17, 15) is 18.0 Å². The number of fused-ring (bicyclic) bond motifs is 1. The number of hydrogen-bond donors (Lipinski definition) is 2. The van der Waals surface area contributed by atoms with Gasteiger partial charge in [-0.1, -0.05) is 19.9 Å². The van der Waals surface area contributed by atoms with E-state index in [1.165, 1.54) is 19.3 Å². The van der Waals surface area contributed by atoms with E-state index in [2.05, 4.69) is 5.23 Å². The van der Waals surface area contributed by atoms with E-state index < -0.39 is 17.7 Å². The minimum absolute atomic E-state index is 0.119. The fourth-order valence-corrected chi connectivity index (χ4v) is 3.70.